The van der Waals surface area contributed by atoms with Crippen LogP contribution in [-0.2, 0) is 6.54 Å². The van der Waals surface area contributed by atoms with E-state index in [0.717, 1.165) is 46.0 Å². The number of benzene rings is 2. The number of aliphatic imine (C=N–C) groups is 1. The summed E-state index contributed by atoms with van der Waals surface area (Å²) in [7, 11) is 0. The number of aromatic amines is 1. The fourth-order valence-corrected chi connectivity index (χ4v) is 3.87. The lowest BCUT2D eigenvalue weighted by Gasteiger charge is -2.31. The van der Waals surface area contributed by atoms with Crippen molar-refractivity contribution < 1.29 is 0 Å². The molecular weight excluding hydrogens is 400 g/mol. The lowest BCUT2D eigenvalue weighted by atomic mass is 10.1. The minimum atomic E-state index is 0.726. The highest BCUT2D eigenvalue weighted by Crippen LogP contribution is 2.31. The third-order valence-corrected chi connectivity index (χ3v) is 5.49. The van der Waals surface area contributed by atoms with Crippen molar-refractivity contribution >= 4 is 28.7 Å². The van der Waals surface area contributed by atoms with E-state index < -0.39 is 0 Å². The Labute approximate surface area is 184 Å². The molecule has 2 aromatic carbocycles. The second kappa shape index (κ2) is 7.59. The van der Waals surface area contributed by atoms with E-state index in [1.807, 2.05) is 47.7 Å². The van der Waals surface area contributed by atoms with Crippen molar-refractivity contribution in [3.05, 3.63) is 108 Å². The van der Waals surface area contributed by atoms with Gasteiger partial charge in [-0.2, -0.15) is 5.10 Å². The monoisotopic (exact) mass is 420 g/mol. The number of allylic oxidation sites excluding steroid dienone is 1. The number of nitrogens with zero attached hydrogens (tertiary/aromatic N) is 5. The maximum atomic E-state index is 4.78. The molecule has 2 aliphatic rings. The van der Waals surface area contributed by atoms with Crippen molar-refractivity contribution in [1.29, 1.82) is 0 Å². The SMILES string of the molecule is C1=NC(Nc2ccc3[nH]ncc3c2)=C2C=C(n3ccnc3)NC=C2N1Cc1ccccc1. The Balaban J connectivity index is 1.38. The van der Waals surface area contributed by atoms with Crippen LogP contribution in [0.1, 0.15) is 5.56 Å². The van der Waals surface area contributed by atoms with Crippen molar-refractivity contribution in [3.8, 4) is 0 Å². The van der Waals surface area contributed by atoms with E-state index in [4.69, 9.17) is 4.99 Å². The Morgan fingerprint density at radius 3 is 2.88 bits per heavy atom. The Hall–Kier alpha value is -4.59. The largest absolute Gasteiger partial charge is 0.346 e. The van der Waals surface area contributed by atoms with E-state index in [-0.39, 0.29) is 0 Å². The van der Waals surface area contributed by atoms with Gasteiger partial charge in [0.25, 0.3) is 0 Å². The first-order chi connectivity index (χ1) is 15.8. The maximum absolute atomic E-state index is 4.78. The summed E-state index contributed by atoms with van der Waals surface area (Å²) in [6.45, 7) is 0.726. The summed E-state index contributed by atoms with van der Waals surface area (Å²) in [4.78, 5) is 11.1. The quantitative estimate of drug-likeness (QED) is 0.456. The van der Waals surface area contributed by atoms with E-state index in [1.54, 1.807) is 12.5 Å². The number of hydrogen-bond acceptors (Lipinski definition) is 6. The lowest BCUT2D eigenvalue weighted by molar-refractivity contribution is 0.519. The van der Waals surface area contributed by atoms with Gasteiger partial charge in [0.1, 0.15) is 18.0 Å². The summed E-state index contributed by atoms with van der Waals surface area (Å²) in [5.41, 5.74) is 5.20. The van der Waals surface area contributed by atoms with Crippen LogP contribution in [0.2, 0.25) is 0 Å². The summed E-state index contributed by atoms with van der Waals surface area (Å²) >= 11 is 0. The molecule has 3 N–H and O–H groups in total. The van der Waals surface area contributed by atoms with Crippen LogP contribution >= 0.6 is 0 Å². The third-order valence-electron chi connectivity index (χ3n) is 5.49. The first kappa shape index (κ1) is 18.2. The molecule has 4 heterocycles. The second-order valence-electron chi connectivity index (χ2n) is 7.59. The van der Waals surface area contributed by atoms with Crippen molar-refractivity contribution in [2.24, 2.45) is 4.99 Å². The normalized spacial score (nSPS) is 15.3. The zero-order valence-electron chi connectivity index (χ0n) is 17.1. The number of rotatable bonds is 5. The van der Waals surface area contributed by atoms with Crippen LogP contribution in [0.3, 0.4) is 0 Å². The molecule has 0 spiro atoms. The van der Waals surface area contributed by atoms with Gasteiger partial charge in [0.15, 0.2) is 0 Å². The number of hydrogen-bond donors (Lipinski definition) is 3. The van der Waals surface area contributed by atoms with Gasteiger partial charge in [0, 0.05) is 41.8 Å². The van der Waals surface area contributed by atoms with Gasteiger partial charge in [0.05, 0.1) is 23.7 Å². The summed E-state index contributed by atoms with van der Waals surface area (Å²) in [5, 5.41) is 15.0. The van der Waals surface area contributed by atoms with Gasteiger partial charge in [-0.15, -0.1) is 0 Å². The fourth-order valence-electron chi connectivity index (χ4n) is 3.87. The minimum Gasteiger partial charge on any atom is -0.346 e. The van der Waals surface area contributed by atoms with Gasteiger partial charge in [0.2, 0.25) is 0 Å². The number of anilines is 1. The number of aromatic nitrogens is 4. The van der Waals surface area contributed by atoms with Crippen molar-refractivity contribution in [2.45, 2.75) is 6.54 Å². The molecule has 0 bridgehead atoms. The molecule has 4 aromatic rings. The predicted molar refractivity (Wildman–Crippen MR) is 125 cm³/mol. The average Bonchev–Trinajstić information content (AvgIpc) is 3.53. The molecule has 0 unspecified atom stereocenters. The molecule has 2 aliphatic heterocycles. The highest BCUT2D eigenvalue weighted by molar-refractivity contribution is 5.82. The average molecular weight is 420 g/mol. The Bertz CT molecular complexity index is 1390. The predicted octanol–water partition coefficient (Wildman–Crippen LogP) is 3.87. The zero-order valence-corrected chi connectivity index (χ0v) is 17.1. The van der Waals surface area contributed by atoms with E-state index in [9.17, 15) is 0 Å². The molecule has 0 saturated heterocycles. The highest BCUT2D eigenvalue weighted by atomic mass is 15.2. The lowest BCUT2D eigenvalue weighted by Crippen LogP contribution is -2.30. The number of nitrogens with one attached hydrogen (secondary N) is 3. The number of dihydropyridines is 1. The molecule has 0 radical (unpaired) electrons. The highest BCUT2D eigenvalue weighted by Gasteiger charge is 2.24. The molecular formula is C24H20N8. The molecule has 0 atom stereocenters. The van der Waals surface area contributed by atoms with Crippen molar-refractivity contribution in [1.82, 2.24) is 30.0 Å². The molecule has 6 rings (SSSR count). The van der Waals surface area contributed by atoms with Crippen LogP contribution in [0.15, 0.2) is 108 Å². The van der Waals surface area contributed by atoms with Crippen LogP contribution in [0.25, 0.3) is 16.7 Å². The van der Waals surface area contributed by atoms with Gasteiger partial charge in [-0.25, -0.2) is 9.98 Å². The number of imidazole rings is 1. The smallest absolute Gasteiger partial charge is 0.141 e. The first-order valence-electron chi connectivity index (χ1n) is 10.3. The zero-order chi connectivity index (χ0) is 21.3. The van der Waals surface area contributed by atoms with Crippen molar-refractivity contribution in [2.75, 3.05) is 5.32 Å². The molecule has 0 saturated carbocycles. The van der Waals surface area contributed by atoms with Gasteiger partial charge in [-0.05, 0) is 29.8 Å². The summed E-state index contributed by atoms with van der Waals surface area (Å²) < 4.78 is 1.94. The Kier molecular flexibility index (Phi) is 4.31. The standard InChI is InChI=1S/C24H20N8/c1-2-4-17(5-3-1)14-32-16-27-24(29-19-6-7-21-18(10-19)12-28-30-21)20-11-23(26-13-22(20)32)31-9-8-25-15-31/h1-13,15-16,26,29H,14H2,(H,28,30). The second-order valence-corrected chi connectivity index (χ2v) is 7.59. The van der Waals surface area contributed by atoms with E-state index in [0.29, 0.717) is 0 Å². The molecule has 0 fully saturated rings. The van der Waals surface area contributed by atoms with Crippen LogP contribution in [0.4, 0.5) is 5.69 Å². The molecule has 0 amide bonds. The van der Waals surface area contributed by atoms with Crippen LogP contribution in [0.5, 0.6) is 0 Å². The van der Waals surface area contributed by atoms with Gasteiger partial charge in [-0.1, -0.05) is 30.3 Å². The first-order valence-corrected chi connectivity index (χ1v) is 10.3. The summed E-state index contributed by atoms with van der Waals surface area (Å²) in [5.74, 6) is 1.69. The fraction of sp³-hybridized carbons (Fsp3) is 0.0417. The summed E-state index contributed by atoms with van der Waals surface area (Å²) in [6.07, 6.45) is 13.2. The molecule has 8 nitrogen and oxygen atoms in total. The van der Waals surface area contributed by atoms with E-state index in [2.05, 4.69) is 67.1 Å². The Morgan fingerprint density at radius 2 is 2.00 bits per heavy atom. The maximum Gasteiger partial charge on any atom is 0.141 e. The van der Waals surface area contributed by atoms with E-state index >= 15 is 0 Å². The molecule has 32 heavy (non-hydrogen) atoms. The Morgan fingerprint density at radius 1 is 1.06 bits per heavy atom. The minimum absolute atomic E-state index is 0.726. The van der Waals surface area contributed by atoms with Crippen LogP contribution in [-0.4, -0.2) is 31.0 Å². The number of fused-ring (bicyclic) bond motifs is 2. The summed E-state index contributed by atoms with van der Waals surface area (Å²) in [6, 6.07) is 16.5. The van der Waals surface area contributed by atoms with Crippen molar-refractivity contribution in [3.63, 3.8) is 0 Å². The van der Waals surface area contributed by atoms with Gasteiger partial charge >= 0.3 is 0 Å². The van der Waals surface area contributed by atoms with Gasteiger partial charge < -0.3 is 15.5 Å². The van der Waals surface area contributed by atoms with Crippen LogP contribution in [0, 0.1) is 0 Å². The number of H-pyrrole nitrogens is 1. The molecule has 0 aliphatic carbocycles. The molecule has 8 heteroatoms. The van der Waals surface area contributed by atoms with Gasteiger partial charge in [-0.3, -0.25) is 9.67 Å². The molecule has 2 aromatic heterocycles. The molecule has 156 valence electrons. The van der Waals surface area contributed by atoms with E-state index in [1.165, 1.54) is 5.56 Å². The van der Waals surface area contributed by atoms with Crippen LogP contribution < -0.4 is 10.6 Å². The third kappa shape index (κ3) is 3.33. The topological polar surface area (TPSA) is 86.2 Å².